The first kappa shape index (κ1) is 27.8. The number of nitrogens with one attached hydrogen (secondary N) is 2. The monoisotopic (exact) mass is 581 g/mol. The smallest absolute Gasteiger partial charge is 0.266 e. The quantitative estimate of drug-likeness (QED) is 0.230. The van der Waals surface area contributed by atoms with E-state index in [4.69, 9.17) is 21.1 Å². The summed E-state index contributed by atoms with van der Waals surface area (Å²) in [4.78, 5) is 25.1. The molecule has 2 amide bonds. The summed E-state index contributed by atoms with van der Waals surface area (Å²) in [6.07, 6.45) is 1.45. The number of hydrogen-bond acceptors (Lipinski definition) is 5. The van der Waals surface area contributed by atoms with Crippen LogP contribution >= 0.6 is 27.5 Å². The van der Waals surface area contributed by atoms with Crippen molar-refractivity contribution >= 4 is 56.8 Å². The third-order valence-electron chi connectivity index (χ3n) is 5.36. The Hall–Kier alpha value is -3.80. The lowest BCUT2D eigenvalue weighted by molar-refractivity contribution is -0.118. The van der Waals surface area contributed by atoms with Gasteiger partial charge in [-0.15, -0.1) is 0 Å². The summed E-state index contributed by atoms with van der Waals surface area (Å²) in [5, 5.41) is 15.6. The van der Waals surface area contributed by atoms with E-state index < -0.39 is 5.91 Å². The number of methoxy groups -OCH3 is 1. The fourth-order valence-corrected chi connectivity index (χ4v) is 4.18. The maximum absolute atomic E-state index is 12.7. The van der Waals surface area contributed by atoms with Gasteiger partial charge in [0.15, 0.2) is 18.1 Å². The van der Waals surface area contributed by atoms with Gasteiger partial charge in [-0.3, -0.25) is 9.59 Å². The summed E-state index contributed by atoms with van der Waals surface area (Å²) < 4.78 is 11.6. The number of benzene rings is 3. The first-order chi connectivity index (χ1) is 17.6. The molecule has 3 rings (SSSR count). The summed E-state index contributed by atoms with van der Waals surface area (Å²) in [7, 11) is 1.45. The van der Waals surface area contributed by atoms with Crippen molar-refractivity contribution in [1.82, 2.24) is 0 Å². The van der Waals surface area contributed by atoms with Gasteiger partial charge in [0.2, 0.25) is 0 Å². The molecule has 7 nitrogen and oxygen atoms in total. The number of aryl methyl sites for hydroxylation is 3. The maximum Gasteiger partial charge on any atom is 0.266 e. The van der Waals surface area contributed by atoms with Crippen LogP contribution in [0.15, 0.2) is 58.6 Å². The highest BCUT2D eigenvalue weighted by Crippen LogP contribution is 2.37. The zero-order chi connectivity index (χ0) is 27.1. The Labute approximate surface area is 229 Å². The molecule has 9 heteroatoms. The number of anilines is 2. The molecule has 0 fully saturated rings. The first-order valence-corrected chi connectivity index (χ1v) is 12.3. The Balaban J connectivity index is 1.74. The van der Waals surface area contributed by atoms with Crippen LogP contribution in [0.4, 0.5) is 11.4 Å². The standard InChI is InChI=1S/C28H25BrClN3O4/c1-16-5-8-24(18(3)9-16)33-28(35)20(14-31)10-19-11-22(29)27(25(12-19)36-4)37-15-26(34)32-21-7-6-17(2)23(30)13-21/h5-13H,15H2,1-4H3,(H,32,34)(H,33,35)/b20-10+. The topological polar surface area (TPSA) is 100 Å². The average molecular weight is 583 g/mol. The number of hydrogen-bond donors (Lipinski definition) is 2. The molecule has 0 aromatic heterocycles. The Morgan fingerprint density at radius 3 is 2.46 bits per heavy atom. The predicted molar refractivity (Wildman–Crippen MR) is 149 cm³/mol. The summed E-state index contributed by atoms with van der Waals surface area (Å²) >= 11 is 9.53. The Morgan fingerprint density at radius 1 is 1.05 bits per heavy atom. The number of ether oxygens (including phenoxy) is 2. The van der Waals surface area contributed by atoms with E-state index in [1.807, 2.05) is 45.0 Å². The van der Waals surface area contributed by atoms with Gasteiger partial charge in [0.1, 0.15) is 11.6 Å². The molecule has 37 heavy (non-hydrogen) atoms. The zero-order valence-electron chi connectivity index (χ0n) is 20.7. The second kappa shape index (κ2) is 12.4. The minimum Gasteiger partial charge on any atom is -0.493 e. The van der Waals surface area contributed by atoms with Gasteiger partial charge in [-0.25, -0.2) is 0 Å². The van der Waals surface area contributed by atoms with E-state index in [1.54, 1.807) is 30.3 Å². The van der Waals surface area contributed by atoms with Gasteiger partial charge in [-0.1, -0.05) is 35.4 Å². The van der Waals surface area contributed by atoms with E-state index in [-0.39, 0.29) is 18.1 Å². The fraction of sp³-hybridized carbons (Fsp3) is 0.179. The molecule has 3 aromatic carbocycles. The number of nitrogens with zero attached hydrogens (tertiary/aromatic N) is 1. The van der Waals surface area contributed by atoms with Crippen molar-refractivity contribution in [3.63, 3.8) is 0 Å². The third kappa shape index (κ3) is 7.35. The van der Waals surface area contributed by atoms with Gasteiger partial charge in [-0.05, 0) is 89.8 Å². The molecule has 3 aromatic rings. The predicted octanol–water partition coefficient (Wildman–Crippen LogP) is 6.60. The van der Waals surface area contributed by atoms with Crippen LogP contribution < -0.4 is 20.1 Å². The van der Waals surface area contributed by atoms with Gasteiger partial charge >= 0.3 is 0 Å². The van der Waals surface area contributed by atoms with Gasteiger partial charge in [0.05, 0.1) is 11.6 Å². The normalized spacial score (nSPS) is 10.9. The van der Waals surface area contributed by atoms with Crippen molar-refractivity contribution < 1.29 is 19.1 Å². The second-order valence-corrected chi connectivity index (χ2v) is 9.54. The van der Waals surface area contributed by atoms with Crippen LogP contribution in [-0.4, -0.2) is 25.5 Å². The van der Waals surface area contributed by atoms with Crippen LogP contribution in [0.2, 0.25) is 5.02 Å². The highest BCUT2D eigenvalue weighted by atomic mass is 79.9. The largest absolute Gasteiger partial charge is 0.493 e. The zero-order valence-corrected chi connectivity index (χ0v) is 23.1. The van der Waals surface area contributed by atoms with E-state index in [0.29, 0.717) is 37.9 Å². The lowest BCUT2D eigenvalue weighted by Gasteiger charge is -2.14. The van der Waals surface area contributed by atoms with Gasteiger partial charge in [0, 0.05) is 16.4 Å². The van der Waals surface area contributed by atoms with Crippen LogP contribution in [0.1, 0.15) is 22.3 Å². The lowest BCUT2D eigenvalue weighted by atomic mass is 10.1. The van der Waals surface area contributed by atoms with Gasteiger partial charge in [-0.2, -0.15) is 5.26 Å². The SMILES string of the molecule is COc1cc(/C=C(\C#N)C(=O)Nc2ccc(C)cc2C)cc(Br)c1OCC(=O)Nc1ccc(C)c(Cl)c1. The minimum absolute atomic E-state index is 0.0845. The molecule has 0 spiro atoms. The van der Waals surface area contributed by atoms with Crippen LogP contribution in [0, 0.1) is 32.1 Å². The van der Waals surface area contributed by atoms with Crippen molar-refractivity contribution in [3.05, 3.63) is 85.9 Å². The molecule has 190 valence electrons. The third-order valence-corrected chi connectivity index (χ3v) is 6.36. The Morgan fingerprint density at radius 2 is 1.81 bits per heavy atom. The minimum atomic E-state index is -0.530. The molecule has 0 saturated carbocycles. The Bertz CT molecular complexity index is 1430. The number of carbonyl (C=O) groups excluding carboxylic acids is 2. The van der Waals surface area contributed by atoms with Crippen molar-refractivity contribution in [2.75, 3.05) is 24.4 Å². The maximum atomic E-state index is 12.7. The first-order valence-electron chi connectivity index (χ1n) is 11.2. The van der Waals surface area contributed by atoms with Crippen molar-refractivity contribution in [2.24, 2.45) is 0 Å². The molecule has 0 bridgehead atoms. The Kier molecular flexibility index (Phi) is 9.34. The lowest BCUT2D eigenvalue weighted by Crippen LogP contribution is -2.20. The van der Waals surface area contributed by atoms with Crippen LogP contribution in [0.5, 0.6) is 11.5 Å². The fourth-order valence-electron chi connectivity index (χ4n) is 3.43. The average Bonchev–Trinajstić information content (AvgIpc) is 2.85. The number of amides is 2. The van der Waals surface area contributed by atoms with E-state index >= 15 is 0 Å². The molecule has 0 heterocycles. The molecule has 0 unspecified atom stereocenters. The van der Waals surface area contributed by atoms with Crippen LogP contribution in [-0.2, 0) is 9.59 Å². The molecule has 2 N–H and O–H groups in total. The van der Waals surface area contributed by atoms with E-state index in [2.05, 4.69) is 26.6 Å². The highest BCUT2D eigenvalue weighted by molar-refractivity contribution is 9.10. The van der Waals surface area contributed by atoms with Crippen molar-refractivity contribution in [3.8, 4) is 17.6 Å². The summed E-state index contributed by atoms with van der Waals surface area (Å²) in [5.41, 5.74) is 4.50. The number of halogens is 2. The van der Waals surface area contributed by atoms with Crippen LogP contribution in [0.25, 0.3) is 6.08 Å². The summed E-state index contributed by atoms with van der Waals surface area (Å²) in [6, 6.07) is 16.1. The molecular weight excluding hydrogens is 558 g/mol. The molecule has 0 aliphatic heterocycles. The molecular formula is C28H25BrClN3O4. The van der Waals surface area contributed by atoms with E-state index in [9.17, 15) is 14.9 Å². The van der Waals surface area contributed by atoms with Crippen LogP contribution in [0.3, 0.4) is 0 Å². The van der Waals surface area contributed by atoms with E-state index in [1.165, 1.54) is 13.2 Å². The van der Waals surface area contributed by atoms with E-state index in [0.717, 1.165) is 16.7 Å². The molecule has 0 atom stereocenters. The highest BCUT2D eigenvalue weighted by Gasteiger charge is 2.16. The molecule has 0 radical (unpaired) electrons. The molecule has 0 saturated heterocycles. The second-order valence-electron chi connectivity index (χ2n) is 8.28. The van der Waals surface area contributed by atoms with Crippen molar-refractivity contribution in [1.29, 1.82) is 5.26 Å². The van der Waals surface area contributed by atoms with Crippen molar-refractivity contribution in [2.45, 2.75) is 20.8 Å². The van der Waals surface area contributed by atoms with Gasteiger partial charge < -0.3 is 20.1 Å². The molecule has 0 aliphatic carbocycles. The van der Waals surface area contributed by atoms with Gasteiger partial charge in [0.25, 0.3) is 11.8 Å². The molecule has 0 aliphatic rings. The number of rotatable bonds is 8. The summed E-state index contributed by atoms with van der Waals surface area (Å²) in [5.74, 6) is -0.292. The number of carbonyl (C=O) groups is 2. The summed E-state index contributed by atoms with van der Waals surface area (Å²) in [6.45, 7) is 5.44. The number of nitriles is 1.